The van der Waals surface area contributed by atoms with Crippen molar-refractivity contribution in [1.29, 1.82) is 0 Å². The highest BCUT2D eigenvalue weighted by atomic mass is 32.2. The van der Waals surface area contributed by atoms with E-state index in [0.29, 0.717) is 34.7 Å². The number of fused-ring (bicyclic) bond motifs is 1. The number of amides is 1. The van der Waals surface area contributed by atoms with E-state index in [1.54, 1.807) is 48.1 Å². The number of hydrogen-bond acceptors (Lipinski definition) is 7. The first-order chi connectivity index (χ1) is 21.4. The topological polar surface area (TPSA) is 161 Å². The highest BCUT2D eigenvalue weighted by molar-refractivity contribution is 7.85. The Labute approximate surface area is 258 Å². The maximum absolute atomic E-state index is 13.4. The van der Waals surface area contributed by atoms with Gasteiger partial charge >= 0.3 is 0 Å². The van der Waals surface area contributed by atoms with Crippen molar-refractivity contribution in [2.75, 3.05) is 11.6 Å². The highest BCUT2D eigenvalue weighted by Gasteiger charge is 2.19. The van der Waals surface area contributed by atoms with Gasteiger partial charge in [0.25, 0.3) is 21.6 Å². The summed E-state index contributed by atoms with van der Waals surface area (Å²) in [4.78, 5) is 26.7. The molecule has 1 amide bonds. The summed E-state index contributed by atoms with van der Waals surface area (Å²) in [5.74, 6) is 0.768. The molecule has 0 fully saturated rings. The normalized spacial score (nSPS) is 11.1. The predicted molar refractivity (Wildman–Crippen MR) is 172 cm³/mol. The van der Waals surface area contributed by atoms with E-state index in [0.717, 1.165) is 27.7 Å². The minimum Gasteiger partial charge on any atom is -0.457 e. The second-order valence-electron chi connectivity index (χ2n) is 10.3. The van der Waals surface area contributed by atoms with Gasteiger partial charge in [-0.3, -0.25) is 28.5 Å². The van der Waals surface area contributed by atoms with Gasteiger partial charge in [0.2, 0.25) is 0 Å². The standard InChI is InChI=1S/C31H26N6O3.CH4O3S/c1-19-13-20(2)37(24-7-5-4-6-8-24)31(39)29(19)30(38)35-23-9-11-25(12-10-23)40-28-14-21-18-34-36(3)27(21)15-26(28)22-16-32-33-17-22;1-5(2,3)4/h4-18H,1-3H3,(H,32,33)(H,35,38);1H3,(H,2,3,4). The smallest absolute Gasteiger partial charge is 0.268 e. The molecule has 0 unspecified atom stereocenters. The third kappa shape index (κ3) is 7.17. The predicted octanol–water partition coefficient (Wildman–Crippen LogP) is 5.28. The van der Waals surface area contributed by atoms with Crippen LogP contribution in [0.1, 0.15) is 21.6 Å². The lowest BCUT2D eigenvalue weighted by molar-refractivity contribution is 0.102. The van der Waals surface area contributed by atoms with Crippen LogP contribution in [-0.2, 0) is 17.2 Å². The van der Waals surface area contributed by atoms with Gasteiger partial charge in [0, 0.05) is 46.8 Å². The van der Waals surface area contributed by atoms with E-state index in [4.69, 9.17) is 9.29 Å². The van der Waals surface area contributed by atoms with Crippen molar-refractivity contribution in [1.82, 2.24) is 24.5 Å². The molecule has 0 atom stereocenters. The Morgan fingerprint density at radius 3 is 2.33 bits per heavy atom. The number of aromatic amines is 1. The number of rotatable bonds is 6. The van der Waals surface area contributed by atoms with Crippen molar-refractivity contribution < 1.29 is 22.5 Å². The van der Waals surface area contributed by atoms with Crippen LogP contribution < -0.4 is 15.6 Å². The Hall–Kier alpha value is -5.53. The maximum Gasteiger partial charge on any atom is 0.268 e. The number of para-hydroxylation sites is 1. The summed E-state index contributed by atoms with van der Waals surface area (Å²) in [6, 6.07) is 22.1. The van der Waals surface area contributed by atoms with Crippen LogP contribution in [0.5, 0.6) is 11.5 Å². The van der Waals surface area contributed by atoms with Crippen LogP contribution in [0.15, 0.2) is 96.2 Å². The van der Waals surface area contributed by atoms with Crippen molar-refractivity contribution in [2.45, 2.75) is 13.8 Å². The molecule has 3 aromatic carbocycles. The average Bonchev–Trinajstić information content (AvgIpc) is 3.63. The molecule has 0 radical (unpaired) electrons. The number of anilines is 1. The Bertz CT molecular complexity index is 2150. The van der Waals surface area contributed by atoms with Crippen molar-refractivity contribution in [3.63, 3.8) is 0 Å². The van der Waals surface area contributed by atoms with Gasteiger partial charge in [0.1, 0.15) is 17.1 Å². The Morgan fingerprint density at radius 2 is 1.69 bits per heavy atom. The molecule has 0 bridgehead atoms. The fraction of sp³-hybridized carbons (Fsp3) is 0.125. The molecule has 13 heteroatoms. The summed E-state index contributed by atoms with van der Waals surface area (Å²) < 4.78 is 35.5. The number of hydrogen-bond donors (Lipinski definition) is 3. The number of aryl methyl sites for hydroxylation is 3. The van der Waals surface area contributed by atoms with Crippen LogP contribution in [0.4, 0.5) is 5.69 Å². The third-order valence-electron chi connectivity index (χ3n) is 6.83. The van der Waals surface area contributed by atoms with Crippen LogP contribution in [0.25, 0.3) is 27.7 Å². The molecular weight excluding hydrogens is 596 g/mol. The Kier molecular flexibility index (Phi) is 8.66. The second kappa shape index (κ2) is 12.6. The first kappa shape index (κ1) is 30.9. The number of H-pyrrole nitrogens is 1. The van der Waals surface area contributed by atoms with E-state index in [2.05, 4.69) is 20.6 Å². The zero-order chi connectivity index (χ0) is 32.3. The first-order valence-corrected chi connectivity index (χ1v) is 15.5. The van der Waals surface area contributed by atoms with Gasteiger partial charge in [-0.15, -0.1) is 0 Å². The van der Waals surface area contributed by atoms with Gasteiger partial charge in [-0.2, -0.15) is 18.6 Å². The van der Waals surface area contributed by atoms with E-state index in [1.165, 1.54) is 0 Å². The van der Waals surface area contributed by atoms with Crippen LogP contribution in [0, 0.1) is 13.8 Å². The molecule has 3 aromatic heterocycles. The summed E-state index contributed by atoms with van der Waals surface area (Å²) >= 11 is 0. The number of nitrogens with one attached hydrogen (secondary N) is 2. The van der Waals surface area contributed by atoms with Gasteiger partial charge in [0.15, 0.2) is 0 Å². The van der Waals surface area contributed by atoms with E-state index in [9.17, 15) is 18.0 Å². The zero-order valence-electron chi connectivity index (χ0n) is 24.8. The molecule has 0 spiro atoms. The number of pyridine rings is 1. The lowest BCUT2D eigenvalue weighted by atomic mass is 10.1. The molecule has 6 rings (SSSR count). The summed E-state index contributed by atoms with van der Waals surface area (Å²) in [5.41, 5.74) is 5.09. The molecule has 3 heterocycles. The largest absolute Gasteiger partial charge is 0.457 e. The Balaban J connectivity index is 0.000000743. The SMILES string of the molecule is CS(=O)(=O)O.Cc1cc(C)n(-c2ccccc2)c(=O)c1C(=O)Nc1ccc(Oc2cc3cnn(C)c3cc2-c2cn[nH]c2)cc1. The van der Waals surface area contributed by atoms with Gasteiger partial charge in [-0.25, -0.2) is 0 Å². The van der Waals surface area contributed by atoms with Crippen molar-refractivity contribution >= 4 is 32.6 Å². The minimum atomic E-state index is -3.67. The number of carbonyl (C=O) groups is 1. The molecule has 0 saturated heterocycles. The fourth-order valence-corrected chi connectivity index (χ4v) is 4.88. The summed E-state index contributed by atoms with van der Waals surface area (Å²) in [5, 5.41) is 15.1. The number of benzene rings is 3. The molecule has 45 heavy (non-hydrogen) atoms. The molecule has 6 aromatic rings. The molecule has 12 nitrogen and oxygen atoms in total. The quantitative estimate of drug-likeness (QED) is 0.211. The first-order valence-electron chi connectivity index (χ1n) is 13.6. The van der Waals surface area contributed by atoms with Crippen LogP contribution in [-0.4, -0.2) is 49.7 Å². The van der Waals surface area contributed by atoms with E-state index >= 15 is 0 Å². The maximum atomic E-state index is 13.4. The Morgan fingerprint density at radius 1 is 1.00 bits per heavy atom. The van der Waals surface area contributed by atoms with Gasteiger partial charge < -0.3 is 10.1 Å². The monoisotopic (exact) mass is 626 g/mol. The van der Waals surface area contributed by atoms with Crippen molar-refractivity contribution in [3.8, 4) is 28.3 Å². The minimum absolute atomic E-state index is 0.101. The zero-order valence-corrected chi connectivity index (χ0v) is 25.7. The van der Waals surface area contributed by atoms with Crippen molar-refractivity contribution in [3.05, 3.63) is 119 Å². The molecule has 0 aliphatic rings. The van der Waals surface area contributed by atoms with Crippen molar-refractivity contribution in [2.24, 2.45) is 7.05 Å². The molecule has 0 saturated carbocycles. The van der Waals surface area contributed by atoms with Gasteiger partial charge in [0.05, 0.1) is 24.2 Å². The fourth-order valence-electron chi connectivity index (χ4n) is 4.88. The molecule has 0 aliphatic heterocycles. The molecular formula is C32H30N6O6S. The van der Waals surface area contributed by atoms with Gasteiger partial charge in [-0.05, 0) is 74.0 Å². The second-order valence-corrected chi connectivity index (χ2v) is 11.8. The molecule has 3 N–H and O–H groups in total. The highest BCUT2D eigenvalue weighted by Crippen LogP contribution is 2.36. The molecule has 230 valence electrons. The van der Waals surface area contributed by atoms with E-state index in [-0.39, 0.29) is 11.1 Å². The average molecular weight is 627 g/mol. The van der Waals surface area contributed by atoms with E-state index in [1.807, 2.05) is 73.4 Å². The number of carbonyl (C=O) groups excluding carboxylic acids is 1. The summed E-state index contributed by atoms with van der Waals surface area (Å²) in [6.07, 6.45) is 6.05. The third-order valence-corrected chi connectivity index (χ3v) is 6.83. The van der Waals surface area contributed by atoms with Crippen LogP contribution >= 0.6 is 0 Å². The molecule has 0 aliphatic carbocycles. The number of aromatic nitrogens is 5. The summed E-state index contributed by atoms with van der Waals surface area (Å²) in [6.45, 7) is 3.62. The lowest BCUT2D eigenvalue weighted by Gasteiger charge is -2.15. The summed E-state index contributed by atoms with van der Waals surface area (Å²) in [7, 11) is -1.77. The number of nitrogens with zero attached hydrogens (tertiary/aromatic N) is 4. The van der Waals surface area contributed by atoms with Crippen LogP contribution in [0.2, 0.25) is 0 Å². The lowest BCUT2D eigenvalue weighted by Crippen LogP contribution is -2.31. The van der Waals surface area contributed by atoms with E-state index < -0.39 is 16.0 Å². The van der Waals surface area contributed by atoms with Crippen LogP contribution in [0.3, 0.4) is 0 Å². The van der Waals surface area contributed by atoms with Gasteiger partial charge in [-0.1, -0.05) is 18.2 Å². The number of ether oxygens (including phenoxy) is 1.